The topological polar surface area (TPSA) is 111 Å². The van der Waals surface area contributed by atoms with E-state index < -0.39 is 12.0 Å². The molecule has 1 atom stereocenters. The molecule has 0 fully saturated rings. The average Bonchev–Trinajstić information content (AvgIpc) is 2.66. The number of hydrogen-bond donors (Lipinski definition) is 4. The van der Waals surface area contributed by atoms with Gasteiger partial charge in [0.1, 0.15) is 0 Å². The van der Waals surface area contributed by atoms with Crippen molar-refractivity contribution in [3.05, 3.63) is 11.9 Å². The summed E-state index contributed by atoms with van der Waals surface area (Å²) in [7, 11) is 0. The third-order valence-electron chi connectivity index (χ3n) is 1.36. The van der Waals surface area contributed by atoms with Crippen molar-refractivity contribution in [3.63, 3.8) is 0 Å². The first-order valence-electron chi connectivity index (χ1n) is 3.67. The number of aromatic amines is 1. The molecule has 0 saturated carbocycles. The number of nitrogens with zero attached hydrogens (tertiary/aromatic N) is 2. The molecule has 0 bridgehead atoms. The lowest BCUT2D eigenvalue weighted by Gasteiger charge is -2.06. The second kappa shape index (κ2) is 4.53. The molecule has 0 saturated heterocycles. The Morgan fingerprint density at radius 1 is 1.77 bits per heavy atom. The van der Waals surface area contributed by atoms with Crippen LogP contribution in [0.25, 0.3) is 0 Å². The van der Waals surface area contributed by atoms with Crippen LogP contribution in [0.15, 0.2) is 6.20 Å². The first-order valence-corrected chi connectivity index (χ1v) is 3.67. The van der Waals surface area contributed by atoms with Crippen LogP contribution in [0, 0.1) is 0 Å². The van der Waals surface area contributed by atoms with Gasteiger partial charge in [-0.2, -0.15) is 15.4 Å². The Morgan fingerprint density at radius 3 is 3.08 bits per heavy atom. The van der Waals surface area contributed by atoms with E-state index in [1.807, 2.05) is 0 Å². The lowest BCUT2D eigenvalue weighted by atomic mass is 10.3. The summed E-state index contributed by atoms with van der Waals surface area (Å²) in [5, 5.41) is 29.0. The standard InChI is InChI=1S/C6H10N4O3/c11-3-4(12)1-7-6(13)5-2-8-10-9-5/h2,4,11-12H,1,3H2,(H,7,13)(H,8,9,10). The molecule has 13 heavy (non-hydrogen) atoms. The summed E-state index contributed by atoms with van der Waals surface area (Å²) in [5.41, 5.74) is 0.144. The maximum absolute atomic E-state index is 11.1. The van der Waals surface area contributed by atoms with Crippen molar-refractivity contribution >= 4 is 5.91 Å². The van der Waals surface area contributed by atoms with Crippen LogP contribution in [0.2, 0.25) is 0 Å². The van der Waals surface area contributed by atoms with E-state index in [-0.39, 0.29) is 18.8 Å². The molecule has 1 heterocycles. The zero-order valence-corrected chi connectivity index (χ0v) is 6.77. The van der Waals surface area contributed by atoms with E-state index in [4.69, 9.17) is 10.2 Å². The number of hydrogen-bond acceptors (Lipinski definition) is 5. The zero-order valence-electron chi connectivity index (χ0n) is 6.77. The Balaban J connectivity index is 2.35. The molecule has 1 aromatic rings. The highest BCUT2D eigenvalue weighted by molar-refractivity contribution is 5.91. The molecular weight excluding hydrogens is 176 g/mol. The molecule has 0 radical (unpaired) electrons. The van der Waals surface area contributed by atoms with E-state index in [1.54, 1.807) is 0 Å². The van der Waals surface area contributed by atoms with E-state index in [9.17, 15) is 4.79 Å². The van der Waals surface area contributed by atoms with Crippen LogP contribution >= 0.6 is 0 Å². The molecule has 0 aromatic carbocycles. The third-order valence-corrected chi connectivity index (χ3v) is 1.36. The minimum Gasteiger partial charge on any atom is -0.394 e. The predicted octanol–water partition coefficient (Wildman–Crippen LogP) is -2.11. The number of amides is 1. The summed E-state index contributed by atoms with van der Waals surface area (Å²) in [6.45, 7) is -0.401. The summed E-state index contributed by atoms with van der Waals surface area (Å²) in [6.07, 6.45) is 0.316. The van der Waals surface area contributed by atoms with Gasteiger partial charge in [0.15, 0.2) is 5.69 Å². The number of aromatic nitrogens is 3. The number of carbonyl (C=O) groups is 1. The van der Waals surface area contributed by atoms with Crippen LogP contribution in [-0.4, -0.2) is 50.8 Å². The fraction of sp³-hybridized carbons (Fsp3) is 0.500. The van der Waals surface area contributed by atoms with Crippen molar-refractivity contribution in [2.75, 3.05) is 13.2 Å². The molecule has 1 aromatic heterocycles. The number of aliphatic hydroxyl groups excluding tert-OH is 2. The van der Waals surface area contributed by atoms with E-state index in [1.165, 1.54) is 6.20 Å². The van der Waals surface area contributed by atoms with E-state index in [2.05, 4.69) is 20.7 Å². The fourth-order valence-corrected chi connectivity index (χ4v) is 0.677. The van der Waals surface area contributed by atoms with Crippen LogP contribution in [0.3, 0.4) is 0 Å². The van der Waals surface area contributed by atoms with Gasteiger partial charge in [0, 0.05) is 6.54 Å². The molecule has 1 unspecified atom stereocenters. The lowest BCUT2D eigenvalue weighted by Crippen LogP contribution is -2.34. The van der Waals surface area contributed by atoms with Gasteiger partial charge in [-0.25, -0.2) is 0 Å². The van der Waals surface area contributed by atoms with Gasteiger partial charge in [0.2, 0.25) is 0 Å². The van der Waals surface area contributed by atoms with Gasteiger partial charge in [-0.05, 0) is 0 Å². The Labute approximate surface area is 73.8 Å². The molecule has 0 aliphatic carbocycles. The van der Waals surface area contributed by atoms with Gasteiger partial charge in [0.25, 0.3) is 5.91 Å². The Bertz CT molecular complexity index is 261. The summed E-state index contributed by atoms with van der Waals surface area (Å²) in [4.78, 5) is 11.1. The maximum atomic E-state index is 11.1. The maximum Gasteiger partial charge on any atom is 0.273 e. The SMILES string of the molecule is O=C(NCC(O)CO)c1cn[nH]n1. The highest BCUT2D eigenvalue weighted by Gasteiger charge is 2.09. The van der Waals surface area contributed by atoms with Gasteiger partial charge in [0.05, 0.1) is 18.9 Å². The molecule has 7 heteroatoms. The molecule has 72 valence electrons. The molecule has 0 aliphatic rings. The van der Waals surface area contributed by atoms with Crippen molar-refractivity contribution in [2.45, 2.75) is 6.10 Å². The Hall–Kier alpha value is -1.47. The molecular formula is C6H10N4O3. The molecule has 4 N–H and O–H groups in total. The van der Waals surface area contributed by atoms with Crippen LogP contribution in [-0.2, 0) is 0 Å². The molecule has 7 nitrogen and oxygen atoms in total. The highest BCUT2D eigenvalue weighted by Crippen LogP contribution is 1.88. The summed E-state index contributed by atoms with van der Waals surface area (Å²) < 4.78 is 0. The summed E-state index contributed by atoms with van der Waals surface area (Å²) >= 11 is 0. The van der Waals surface area contributed by atoms with Crippen LogP contribution in [0.1, 0.15) is 10.5 Å². The van der Waals surface area contributed by atoms with Gasteiger partial charge in [-0.1, -0.05) is 0 Å². The second-order valence-electron chi connectivity index (χ2n) is 2.40. The number of nitrogens with one attached hydrogen (secondary N) is 2. The smallest absolute Gasteiger partial charge is 0.273 e. The first kappa shape index (κ1) is 9.62. The van der Waals surface area contributed by atoms with E-state index in [0.717, 1.165) is 0 Å². The predicted molar refractivity (Wildman–Crippen MR) is 41.8 cm³/mol. The second-order valence-corrected chi connectivity index (χ2v) is 2.40. The normalized spacial score (nSPS) is 12.5. The van der Waals surface area contributed by atoms with Gasteiger partial charge < -0.3 is 15.5 Å². The van der Waals surface area contributed by atoms with Crippen LogP contribution < -0.4 is 5.32 Å². The fourth-order valence-electron chi connectivity index (χ4n) is 0.677. The minimum absolute atomic E-state index is 0.0117. The van der Waals surface area contributed by atoms with Gasteiger partial charge in [-0.3, -0.25) is 4.79 Å². The quantitative estimate of drug-likeness (QED) is 0.430. The largest absolute Gasteiger partial charge is 0.394 e. The zero-order chi connectivity index (χ0) is 9.68. The lowest BCUT2D eigenvalue weighted by molar-refractivity contribution is 0.0798. The Kier molecular flexibility index (Phi) is 3.35. The van der Waals surface area contributed by atoms with Crippen molar-refractivity contribution in [1.82, 2.24) is 20.7 Å². The van der Waals surface area contributed by atoms with Crippen molar-refractivity contribution in [2.24, 2.45) is 0 Å². The van der Waals surface area contributed by atoms with Gasteiger partial charge in [-0.15, -0.1) is 0 Å². The molecule has 0 spiro atoms. The minimum atomic E-state index is -0.948. The first-order chi connectivity index (χ1) is 6.24. The monoisotopic (exact) mass is 186 g/mol. The van der Waals surface area contributed by atoms with Crippen LogP contribution in [0.4, 0.5) is 0 Å². The molecule has 1 rings (SSSR count). The van der Waals surface area contributed by atoms with Crippen molar-refractivity contribution in [3.8, 4) is 0 Å². The number of carbonyl (C=O) groups excluding carboxylic acids is 1. The summed E-state index contributed by atoms with van der Waals surface area (Å²) in [6, 6.07) is 0. The third kappa shape index (κ3) is 2.80. The van der Waals surface area contributed by atoms with E-state index in [0.29, 0.717) is 0 Å². The summed E-state index contributed by atoms with van der Waals surface area (Å²) in [5.74, 6) is -0.443. The highest BCUT2D eigenvalue weighted by atomic mass is 16.3. The van der Waals surface area contributed by atoms with Crippen molar-refractivity contribution in [1.29, 1.82) is 0 Å². The number of rotatable bonds is 4. The Morgan fingerprint density at radius 2 is 2.54 bits per heavy atom. The number of H-pyrrole nitrogens is 1. The van der Waals surface area contributed by atoms with Gasteiger partial charge >= 0.3 is 0 Å². The van der Waals surface area contributed by atoms with Crippen molar-refractivity contribution < 1.29 is 15.0 Å². The average molecular weight is 186 g/mol. The van der Waals surface area contributed by atoms with E-state index >= 15 is 0 Å². The molecule has 0 aliphatic heterocycles. The number of aliphatic hydroxyl groups is 2. The molecule has 1 amide bonds. The van der Waals surface area contributed by atoms with Crippen LogP contribution in [0.5, 0.6) is 0 Å².